The minimum Gasteiger partial charge on any atom is -0.486 e. The standard InChI is InChI=1S/C16H11Cl2NO/c17-12-6-8-14(18)16(9-12)20-10-13-7-5-11-3-1-2-4-15(11)19-13/h1-9H,10H2. The first kappa shape index (κ1) is 13.2. The first-order valence-corrected chi connectivity index (χ1v) is 6.90. The number of para-hydroxylation sites is 1. The first-order valence-electron chi connectivity index (χ1n) is 6.15. The molecule has 0 N–H and O–H groups in total. The topological polar surface area (TPSA) is 22.1 Å². The van der Waals surface area contributed by atoms with Crippen LogP contribution in [0.25, 0.3) is 10.9 Å². The monoisotopic (exact) mass is 303 g/mol. The number of hydrogen-bond donors (Lipinski definition) is 0. The van der Waals surface area contributed by atoms with Crippen molar-refractivity contribution in [1.29, 1.82) is 0 Å². The summed E-state index contributed by atoms with van der Waals surface area (Å²) in [5.74, 6) is 0.564. The molecule has 4 heteroatoms. The van der Waals surface area contributed by atoms with Crippen LogP contribution < -0.4 is 4.74 Å². The highest BCUT2D eigenvalue weighted by atomic mass is 35.5. The van der Waals surface area contributed by atoms with E-state index >= 15 is 0 Å². The summed E-state index contributed by atoms with van der Waals surface area (Å²) < 4.78 is 5.67. The van der Waals surface area contributed by atoms with Gasteiger partial charge in [-0.1, -0.05) is 47.5 Å². The Morgan fingerprint density at radius 2 is 1.80 bits per heavy atom. The summed E-state index contributed by atoms with van der Waals surface area (Å²) in [5, 5.41) is 2.24. The molecule has 2 aromatic carbocycles. The third-order valence-corrected chi connectivity index (χ3v) is 3.47. The third kappa shape index (κ3) is 2.87. The minimum atomic E-state index is 0.352. The zero-order valence-corrected chi connectivity index (χ0v) is 12.0. The average molecular weight is 304 g/mol. The molecule has 100 valence electrons. The number of benzene rings is 2. The number of ether oxygens (including phenoxy) is 1. The molecule has 0 saturated carbocycles. The molecule has 0 radical (unpaired) electrons. The number of aromatic nitrogens is 1. The SMILES string of the molecule is Clc1ccc(Cl)c(OCc2ccc3ccccc3n2)c1. The maximum absolute atomic E-state index is 6.05. The summed E-state index contributed by atoms with van der Waals surface area (Å²) in [6.45, 7) is 0.352. The van der Waals surface area contributed by atoms with E-state index in [9.17, 15) is 0 Å². The van der Waals surface area contributed by atoms with E-state index in [1.807, 2.05) is 36.4 Å². The van der Waals surface area contributed by atoms with Crippen molar-refractivity contribution in [2.24, 2.45) is 0 Å². The van der Waals surface area contributed by atoms with Gasteiger partial charge < -0.3 is 4.74 Å². The molecular formula is C16H11Cl2NO. The molecule has 0 bridgehead atoms. The van der Waals surface area contributed by atoms with Crippen molar-refractivity contribution in [3.63, 3.8) is 0 Å². The lowest BCUT2D eigenvalue weighted by molar-refractivity contribution is 0.302. The van der Waals surface area contributed by atoms with Gasteiger partial charge in [0.2, 0.25) is 0 Å². The fourth-order valence-electron chi connectivity index (χ4n) is 1.93. The predicted octanol–water partition coefficient (Wildman–Crippen LogP) is 5.12. The number of fused-ring (bicyclic) bond motifs is 1. The molecule has 3 aromatic rings. The summed E-state index contributed by atoms with van der Waals surface area (Å²) in [7, 11) is 0. The van der Waals surface area contributed by atoms with Crippen LogP contribution in [0.15, 0.2) is 54.6 Å². The number of nitrogens with zero attached hydrogens (tertiary/aromatic N) is 1. The molecule has 0 saturated heterocycles. The van der Waals surface area contributed by atoms with Gasteiger partial charge in [-0.2, -0.15) is 0 Å². The number of hydrogen-bond acceptors (Lipinski definition) is 2. The zero-order chi connectivity index (χ0) is 13.9. The second-order valence-electron chi connectivity index (χ2n) is 4.36. The van der Waals surface area contributed by atoms with Gasteiger partial charge in [0.25, 0.3) is 0 Å². The van der Waals surface area contributed by atoms with E-state index in [-0.39, 0.29) is 0 Å². The van der Waals surface area contributed by atoms with Crippen LogP contribution in [0.4, 0.5) is 0 Å². The van der Waals surface area contributed by atoms with Crippen LogP contribution in [0.1, 0.15) is 5.69 Å². The van der Waals surface area contributed by atoms with E-state index in [1.165, 1.54) is 0 Å². The van der Waals surface area contributed by atoms with Crippen molar-refractivity contribution in [2.75, 3.05) is 0 Å². The van der Waals surface area contributed by atoms with E-state index in [0.29, 0.717) is 22.4 Å². The molecule has 0 aliphatic rings. The quantitative estimate of drug-likeness (QED) is 0.670. The van der Waals surface area contributed by atoms with Crippen LogP contribution in [-0.2, 0) is 6.61 Å². The largest absolute Gasteiger partial charge is 0.486 e. The third-order valence-electron chi connectivity index (χ3n) is 2.92. The van der Waals surface area contributed by atoms with Crippen LogP contribution in [0, 0.1) is 0 Å². The fourth-order valence-corrected chi connectivity index (χ4v) is 2.26. The van der Waals surface area contributed by atoms with Gasteiger partial charge in [0.1, 0.15) is 12.4 Å². The van der Waals surface area contributed by atoms with E-state index in [4.69, 9.17) is 27.9 Å². The van der Waals surface area contributed by atoms with Crippen molar-refractivity contribution in [3.8, 4) is 5.75 Å². The van der Waals surface area contributed by atoms with E-state index in [1.54, 1.807) is 18.2 Å². The summed E-state index contributed by atoms with van der Waals surface area (Å²) >= 11 is 12.0. The maximum Gasteiger partial charge on any atom is 0.139 e. The Bertz CT molecular complexity index is 758. The van der Waals surface area contributed by atoms with Crippen LogP contribution >= 0.6 is 23.2 Å². The smallest absolute Gasteiger partial charge is 0.139 e. The summed E-state index contributed by atoms with van der Waals surface area (Å²) in [4.78, 5) is 4.54. The lowest BCUT2D eigenvalue weighted by Crippen LogP contribution is -1.98. The average Bonchev–Trinajstić information content (AvgIpc) is 2.48. The highest BCUT2D eigenvalue weighted by Gasteiger charge is 2.04. The molecule has 2 nitrogen and oxygen atoms in total. The van der Waals surface area contributed by atoms with E-state index < -0.39 is 0 Å². The van der Waals surface area contributed by atoms with E-state index in [2.05, 4.69) is 4.98 Å². The molecule has 0 unspecified atom stereocenters. The second-order valence-corrected chi connectivity index (χ2v) is 5.20. The highest BCUT2D eigenvalue weighted by molar-refractivity contribution is 6.34. The summed E-state index contributed by atoms with van der Waals surface area (Å²) in [6.07, 6.45) is 0. The van der Waals surface area contributed by atoms with E-state index in [0.717, 1.165) is 16.6 Å². The minimum absolute atomic E-state index is 0.352. The molecule has 0 atom stereocenters. The van der Waals surface area contributed by atoms with Gasteiger partial charge in [-0.25, -0.2) is 4.98 Å². The van der Waals surface area contributed by atoms with Gasteiger partial charge in [0.05, 0.1) is 16.2 Å². The van der Waals surface area contributed by atoms with Gasteiger partial charge in [-0.15, -0.1) is 0 Å². The molecule has 1 aromatic heterocycles. The first-order chi connectivity index (χ1) is 9.72. The van der Waals surface area contributed by atoms with Gasteiger partial charge in [0, 0.05) is 16.5 Å². The van der Waals surface area contributed by atoms with Crippen LogP contribution in [-0.4, -0.2) is 4.98 Å². The molecular weight excluding hydrogens is 293 g/mol. The zero-order valence-electron chi connectivity index (χ0n) is 10.5. The predicted molar refractivity (Wildman–Crippen MR) is 82.5 cm³/mol. The maximum atomic E-state index is 6.05. The van der Waals surface area contributed by atoms with Gasteiger partial charge in [-0.3, -0.25) is 0 Å². The van der Waals surface area contributed by atoms with Gasteiger partial charge in [-0.05, 0) is 24.3 Å². The molecule has 0 aliphatic heterocycles. The van der Waals surface area contributed by atoms with Gasteiger partial charge in [0.15, 0.2) is 0 Å². The number of halogens is 2. The van der Waals surface area contributed by atoms with Crippen LogP contribution in [0.2, 0.25) is 10.0 Å². The Morgan fingerprint density at radius 3 is 2.70 bits per heavy atom. The Kier molecular flexibility index (Phi) is 3.77. The van der Waals surface area contributed by atoms with Crippen LogP contribution in [0.3, 0.4) is 0 Å². The Balaban J connectivity index is 1.81. The highest BCUT2D eigenvalue weighted by Crippen LogP contribution is 2.28. The number of pyridine rings is 1. The lowest BCUT2D eigenvalue weighted by Gasteiger charge is -2.08. The Hall–Kier alpha value is -1.77. The molecule has 0 amide bonds. The lowest BCUT2D eigenvalue weighted by atomic mass is 10.2. The van der Waals surface area contributed by atoms with Crippen molar-refractivity contribution >= 4 is 34.1 Å². The molecule has 1 heterocycles. The normalized spacial score (nSPS) is 10.7. The molecule has 0 spiro atoms. The van der Waals surface area contributed by atoms with Crippen molar-refractivity contribution in [2.45, 2.75) is 6.61 Å². The van der Waals surface area contributed by atoms with Crippen molar-refractivity contribution in [3.05, 3.63) is 70.3 Å². The van der Waals surface area contributed by atoms with Crippen molar-refractivity contribution < 1.29 is 4.74 Å². The summed E-state index contributed by atoms with van der Waals surface area (Å²) in [5.41, 5.74) is 1.80. The second kappa shape index (κ2) is 5.70. The Labute approximate surface area is 126 Å². The fraction of sp³-hybridized carbons (Fsp3) is 0.0625. The van der Waals surface area contributed by atoms with Gasteiger partial charge >= 0.3 is 0 Å². The molecule has 20 heavy (non-hydrogen) atoms. The molecule has 0 aliphatic carbocycles. The van der Waals surface area contributed by atoms with Crippen molar-refractivity contribution in [1.82, 2.24) is 4.98 Å². The Morgan fingerprint density at radius 1 is 0.950 bits per heavy atom. The summed E-state index contributed by atoms with van der Waals surface area (Å²) in [6, 6.07) is 17.1. The molecule has 3 rings (SSSR count). The van der Waals surface area contributed by atoms with Crippen LogP contribution in [0.5, 0.6) is 5.75 Å². The number of rotatable bonds is 3. The molecule has 0 fully saturated rings.